The molecule has 0 aliphatic carbocycles. The van der Waals surface area contributed by atoms with Crippen molar-refractivity contribution in [2.45, 2.75) is 20.1 Å². The van der Waals surface area contributed by atoms with Crippen LogP contribution in [0, 0.1) is 18.6 Å². The Morgan fingerprint density at radius 2 is 1.91 bits per heavy atom. The maximum absolute atomic E-state index is 13.8. The summed E-state index contributed by atoms with van der Waals surface area (Å²) in [5, 5.41) is 4.03. The normalized spacial score (nSPS) is 11.2. The molecule has 1 heterocycles. The minimum atomic E-state index is -0.791. The first-order valence-electron chi connectivity index (χ1n) is 10.4. The lowest BCUT2D eigenvalue weighted by Gasteiger charge is -2.11. The summed E-state index contributed by atoms with van der Waals surface area (Å²) in [5.74, 6) is -0.577. The molecular weight excluding hydrogens is 442 g/mol. The summed E-state index contributed by atoms with van der Waals surface area (Å²) in [4.78, 5) is 16.9. The zero-order chi connectivity index (χ0) is 24.1. The number of ether oxygens (including phenoxy) is 2. The molecule has 1 amide bonds. The third kappa shape index (κ3) is 5.20. The van der Waals surface area contributed by atoms with Gasteiger partial charge in [0.15, 0.2) is 11.6 Å². The molecule has 0 unspecified atom stereocenters. The highest BCUT2D eigenvalue weighted by atomic mass is 19.1. The van der Waals surface area contributed by atoms with Crippen LogP contribution >= 0.6 is 0 Å². The molecule has 0 aliphatic heterocycles. The van der Waals surface area contributed by atoms with E-state index in [0.29, 0.717) is 16.9 Å². The molecule has 0 spiro atoms. The van der Waals surface area contributed by atoms with Gasteiger partial charge in [-0.25, -0.2) is 19.2 Å². The Labute approximate surface area is 194 Å². The number of carbonyl (C=O) groups excluding carboxylic acids is 1. The second kappa shape index (κ2) is 10.1. The van der Waals surface area contributed by atoms with Gasteiger partial charge in [0.05, 0.1) is 24.4 Å². The smallest absolute Gasteiger partial charge is 0.260 e. The van der Waals surface area contributed by atoms with Crippen molar-refractivity contribution in [1.82, 2.24) is 15.0 Å². The number of aryl methyl sites for hydroxylation is 1. The lowest BCUT2D eigenvalue weighted by Crippen LogP contribution is -2.23. The van der Waals surface area contributed by atoms with Crippen LogP contribution in [0.4, 0.5) is 8.78 Å². The van der Waals surface area contributed by atoms with E-state index in [1.54, 1.807) is 18.2 Å². The average Bonchev–Trinajstić information content (AvgIpc) is 3.13. The second-order valence-electron chi connectivity index (χ2n) is 7.46. The molecule has 0 aliphatic rings. The SMILES string of the molecule is COc1ccc(/C=N/NC(=O)Cn2c(C)nc3ccccc32)cc1COc1ccc(F)cc1F. The van der Waals surface area contributed by atoms with Gasteiger partial charge in [0.1, 0.15) is 30.5 Å². The number of rotatable bonds is 8. The maximum Gasteiger partial charge on any atom is 0.260 e. The molecular formula is C25H22F2N4O3. The molecule has 4 aromatic rings. The summed E-state index contributed by atoms with van der Waals surface area (Å²) >= 11 is 0. The van der Waals surface area contributed by atoms with E-state index >= 15 is 0 Å². The Hall–Kier alpha value is -4.27. The van der Waals surface area contributed by atoms with E-state index in [9.17, 15) is 13.6 Å². The fraction of sp³-hybridized carbons (Fsp3) is 0.160. The molecule has 4 rings (SSSR count). The number of nitrogens with zero attached hydrogens (tertiary/aromatic N) is 3. The highest BCUT2D eigenvalue weighted by molar-refractivity contribution is 5.84. The Morgan fingerprint density at radius 1 is 1.12 bits per heavy atom. The molecule has 0 fully saturated rings. The summed E-state index contributed by atoms with van der Waals surface area (Å²) in [6.07, 6.45) is 1.48. The lowest BCUT2D eigenvalue weighted by atomic mass is 10.1. The number of aromatic nitrogens is 2. The Bertz CT molecular complexity index is 1370. The van der Waals surface area contributed by atoms with E-state index in [1.807, 2.05) is 35.8 Å². The fourth-order valence-electron chi connectivity index (χ4n) is 3.49. The van der Waals surface area contributed by atoms with Gasteiger partial charge in [0.25, 0.3) is 5.91 Å². The zero-order valence-corrected chi connectivity index (χ0v) is 18.6. The highest BCUT2D eigenvalue weighted by Gasteiger charge is 2.11. The van der Waals surface area contributed by atoms with Crippen LogP contribution in [-0.2, 0) is 17.9 Å². The standard InChI is InChI=1S/C25H22F2N4O3/c1-16-29-21-5-3-4-6-22(21)31(16)14-25(32)30-28-13-17-7-9-23(33-2)18(11-17)15-34-24-10-8-19(26)12-20(24)27/h3-13H,14-15H2,1-2H3,(H,30,32)/b28-13+. The molecule has 1 aromatic heterocycles. The molecule has 9 heteroatoms. The molecule has 0 bridgehead atoms. The van der Waals surface area contributed by atoms with Gasteiger partial charge in [-0.2, -0.15) is 5.10 Å². The largest absolute Gasteiger partial charge is 0.496 e. The minimum absolute atomic E-state index is 0.00720. The lowest BCUT2D eigenvalue weighted by molar-refractivity contribution is -0.121. The van der Waals surface area contributed by atoms with Crippen molar-refractivity contribution in [2.24, 2.45) is 5.10 Å². The van der Waals surface area contributed by atoms with Crippen molar-refractivity contribution < 1.29 is 23.0 Å². The summed E-state index contributed by atoms with van der Waals surface area (Å²) in [5.41, 5.74) is 5.51. The average molecular weight is 464 g/mol. The number of fused-ring (bicyclic) bond motifs is 1. The molecule has 1 N–H and O–H groups in total. The molecule has 3 aromatic carbocycles. The quantitative estimate of drug-likeness (QED) is 0.311. The molecule has 0 atom stereocenters. The van der Waals surface area contributed by atoms with Crippen molar-refractivity contribution in [2.75, 3.05) is 7.11 Å². The summed E-state index contributed by atoms with van der Waals surface area (Å²) < 4.78 is 39.6. The van der Waals surface area contributed by atoms with Crippen LogP contribution in [0.2, 0.25) is 0 Å². The number of benzene rings is 3. The van der Waals surface area contributed by atoms with Crippen LogP contribution in [0.25, 0.3) is 11.0 Å². The zero-order valence-electron chi connectivity index (χ0n) is 18.6. The van der Waals surface area contributed by atoms with Crippen molar-refractivity contribution >= 4 is 23.2 Å². The Balaban J connectivity index is 1.41. The molecule has 0 saturated carbocycles. The van der Waals surface area contributed by atoms with Gasteiger partial charge in [0, 0.05) is 11.6 Å². The first kappa shape index (κ1) is 22.9. The number of nitrogens with one attached hydrogen (secondary N) is 1. The number of imidazole rings is 1. The number of carbonyl (C=O) groups is 1. The summed E-state index contributed by atoms with van der Waals surface area (Å²) in [6.45, 7) is 1.91. The van der Waals surface area contributed by atoms with Gasteiger partial charge >= 0.3 is 0 Å². The molecule has 0 radical (unpaired) electrons. The number of hydrazone groups is 1. The predicted octanol–water partition coefficient (Wildman–Crippen LogP) is 4.36. The number of amides is 1. The topological polar surface area (TPSA) is 77.7 Å². The van der Waals surface area contributed by atoms with Crippen molar-refractivity contribution in [3.8, 4) is 11.5 Å². The van der Waals surface area contributed by atoms with Crippen molar-refractivity contribution in [3.05, 3.63) is 89.2 Å². The van der Waals surface area contributed by atoms with E-state index < -0.39 is 11.6 Å². The number of methoxy groups -OCH3 is 1. The van der Waals surface area contributed by atoms with E-state index in [4.69, 9.17) is 9.47 Å². The number of hydrogen-bond donors (Lipinski definition) is 1. The van der Waals surface area contributed by atoms with E-state index in [1.165, 1.54) is 19.4 Å². The second-order valence-corrected chi connectivity index (χ2v) is 7.46. The van der Waals surface area contributed by atoms with E-state index in [0.717, 1.165) is 29.0 Å². The minimum Gasteiger partial charge on any atom is -0.496 e. The third-order valence-corrected chi connectivity index (χ3v) is 5.13. The van der Waals surface area contributed by atoms with Crippen LogP contribution in [0.15, 0.2) is 65.8 Å². The third-order valence-electron chi connectivity index (χ3n) is 5.13. The number of hydrogen-bond acceptors (Lipinski definition) is 5. The van der Waals surface area contributed by atoms with Crippen molar-refractivity contribution in [3.63, 3.8) is 0 Å². The van der Waals surface area contributed by atoms with Crippen LogP contribution in [0.3, 0.4) is 0 Å². The predicted molar refractivity (Wildman–Crippen MR) is 124 cm³/mol. The molecule has 174 valence electrons. The summed E-state index contributed by atoms with van der Waals surface area (Å²) in [7, 11) is 1.51. The van der Waals surface area contributed by atoms with Gasteiger partial charge in [-0.1, -0.05) is 12.1 Å². The van der Waals surface area contributed by atoms with Gasteiger partial charge < -0.3 is 14.0 Å². The Morgan fingerprint density at radius 3 is 2.71 bits per heavy atom. The van der Waals surface area contributed by atoms with Gasteiger partial charge in [-0.15, -0.1) is 0 Å². The maximum atomic E-state index is 13.8. The Kier molecular flexibility index (Phi) is 6.82. The van der Waals surface area contributed by atoms with E-state index in [2.05, 4.69) is 15.5 Å². The number of para-hydroxylation sites is 2. The molecule has 0 saturated heterocycles. The van der Waals surface area contributed by atoms with Gasteiger partial charge in [0.2, 0.25) is 0 Å². The molecule has 7 nitrogen and oxygen atoms in total. The van der Waals surface area contributed by atoms with Crippen LogP contribution < -0.4 is 14.9 Å². The van der Waals surface area contributed by atoms with Gasteiger partial charge in [-0.3, -0.25) is 4.79 Å². The monoisotopic (exact) mass is 464 g/mol. The van der Waals surface area contributed by atoms with E-state index in [-0.39, 0.29) is 24.8 Å². The first-order chi connectivity index (χ1) is 16.4. The van der Waals surface area contributed by atoms with Crippen LogP contribution in [0.5, 0.6) is 11.5 Å². The summed E-state index contributed by atoms with van der Waals surface area (Å²) in [6, 6.07) is 15.9. The number of halogens is 2. The van der Waals surface area contributed by atoms with Crippen LogP contribution in [-0.4, -0.2) is 28.8 Å². The van der Waals surface area contributed by atoms with Crippen LogP contribution in [0.1, 0.15) is 17.0 Å². The van der Waals surface area contributed by atoms with Crippen molar-refractivity contribution in [1.29, 1.82) is 0 Å². The first-order valence-corrected chi connectivity index (χ1v) is 10.4. The van der Waals surface area contributed by atoms with Gasteiger partial charge in [-0.05, 0) is 55.0 Å². The highest BCUT2D eigenvalue weighted by Crippen LogP contribution is 2.24. The fourth-order valence-corrected chi connectivity index (χ4v) is 3.49. The molecule has 34 heavy (non-hydrogen) atoms.